The van der Waals surface area contributed by atoms with Crippen LogP contribution < -0.4 is 0 Å². The number of benzene rings is 1. The first-order chi connectivity index (χ1) is 9.45. The van der Waals surface area contributed by atoms with Gasteiger partial charge in [-0.05, 0) is 18.2 Å². The first-order valence-corrected chi connectivity index (χ1v) is 6.28. The molecule has 0 bridgehead atoms. The Kier molecular flexibility index (Phi) is 1.47. The third-order valence-electron chi connectivity index (χ3n) is 3.88. The van der Waals surface area contributed by atoms with E-state index in [4.69, 9.17) is 0 Å². The molecule has 0 aliphatic heterocycles. The van der Waals surface area contributed by atoms with Crippen LogP contribution in [0.4, 0.5) is 0 Å². The molecule has 0 spiro atoms. The summed E-state index contributed by atoms with van der Waals surface area (Å²) in [5.74, 6) is 0. The average molecular weight is 243 g/mol. The van der Waals surface area contributed by atoms with Crippen LogP contribution in [-0.4, -0.2) is 14.4 Å². The molecule has 0 amide bonds. The van der Waals surface area contributed by atoms with Crippen LogP contribution in [0.5, 0.6) is 0 Å². The zero-order chi connectivity index (χ0) is 12.4. The maximum absolute atomic E-state index is 4.55. The van der Waals surface area contributed by atoms with Gasteiger partial charge in [-0.25, -0.2) is 0 Å². The number of pyridine rings is 2. The second kappa shape index (κ2) is 3.01. The molecule has 5 aromatic rings. The third kappa shape index (κ3) is 0.956. The highest BCUT2D eigenvalue weighted by Gasteiger charge is 2.16. The molecule has 19 heavy (non-hydrogen) atoms. The van der Waals surface area contributed by atoms with Crippen molar-refractivity contribution in [1.29, 1.82) is 0 Å². The summed E-state index contributed by atoms with van der Waals surface area (Å²) >= 11 is 0. The summed E-state index contributed by atoms with van der Waals surface area (Å²) in [5, 5.41) is 3.66. The van der Waals surface area contributed by atoms with Crippen LogP contribution in [0.15, 0.2) is 55.0 Å². The number of hydrogen-bond donors (Lipinski definition) is 0. The summed E-state index contributed by atoms with van der Waals surface area (Å²) in [5.41, 5.74) is 4.65. The molecule has 0 aliphatic rings. The van der Waals surface area contributed by atoms with Crippen LogP contribution in [0.1, 0.15) is 0 Å². The van der Waals surface area contributed by atoms with Crippen molar-refractivity contribution in [3.05, 3.63) is 55.0 Å². The number of rotatable bonds is 0. The van der Waals surface area contributed by atoms with Gasteiger partial charge in [0.1, 0.15) is 0 Å². The summed E-state index contributed by atoms with van der Waals surface area (Å²) < 4.78 is 2.30. The molecule has 0 radical (unpaired) electrons. The van der Waals surface area contributed by atoms with Crippen LogP contribution in [-0.2, 0) is 0 Å². The van der Waals surface area contributed by atoms with Gasteiger partial charge in [-0.2, -0.15) is 0 Å². The Bertz CT molecular complexity index is 979. The van der Waals surface area contributed by atoms with E-state index in [0.717, 1.165) is 10.9 Å². The summed E-state index contributed by atoms with van der Waals surface area (Å²) in [7, 11) is 0. The lowest BCUT2D eigenvalue weighted by Gasteiger charge is -1.95. The highest BCUT2D eigenvalue weighted by atomic mass is 14.9. The van der Waals surface area contributed by atoms with Gasteiger partial charge >= 0.3 is 0 Å². The predicted octanol–water partition coefficient (Wildman–Crippen LogP) is 3.63. The van der Waals surface area contributed by atoms with Gasteiger partial charge in [-0.3, -0.25) is 9.97 Å². The quantitative estimate of drug-likeness (QED) is 0.416. The normalized spacial score (nSPS) is 12.2. The lowest BCUT2D eigenvalue weighted by Crippen LogP contribution is -1.79. The van der Waals surface area contributed by atoms with Crippen molar-refractivity contribution in [2.45, 2.75) is 0 Å². The maximum atomic E-state index is 4.55. The lowest BCUT2D eigenvalue weighted by atomic mass is 10.1. The van der Waals surface area contributed by atoms with Crippen molar-refractivity contribution in [3.63, 3.8) is 0 Å². The molecule has 1 aromatic carbocycles. The fourth-order valence-electron chi connectivity index (χ4n) is 3.13. The van der Waals surface area contributed by atoms with E-state index < -0.39 is 0 Å². The molecule has 0 unspecified atom stereocenters. The van der Waals surface area contributed by atoms with E-state index in [1.165, 1.54) is 27.3 Å². The maximum Gasteiger partial charge on any atom is 0.0985 e. The van der Waals surface area contributed by atoms with Crippen LogP contribution in [0.2, 0.25) is 0 Å². The van der Waals surface area contributed by atoms with E-state index in [1.807, 2.05) is 18.6 Å². The van der Waals surface area contributed by atoms with Crippen LogP contribution in [0.3, 0.4) is 0 Å². The summed E-state index contributed by atoms with van der Waals surface area (Å²) in [4.78, 5) is 8.79. The third-order valence-corrected chi connectivity index (χ3v) is 3.88. The van der Waals surface area contributed by atoms with Gasteiger partial charge in [-0.15, -0.1) is 0 Å². The average Bonchev–Trinajstić information content (AvgIpc) is 2.99. The Balaban J connectivity index is 2.32. The zero-order valence-corrected chi connectivity index (χ0v) is 10.0. The topological polar surface area (TPSA) is 30.2 Å². The minimum Gasteiger partial charge on any atom is -0.306 e. The van der Waals surface area contributed by atoms with Crippen molar-refractivity contribution in [3.8, 4) is 0 Å². The second-order valence-corrected chi connectivity index (χ2v) is 4.80. The number of aromatic nitrogens is 3. The smallest absolute Gasteiger partial charge is 0.0985 e. The van der Waals surface area contributed by atoms with Crippen LogP contribution in [0.25, 0.3) is 38.2 Å². The molecule has 0 saturated heterocycles. The summed E-state index contributed by atoms with van der Waals surface area (Å²) in [6, 6.07) is 12.6. The molecule has 5 rings (SSSR count). The van der Waals surface area contributed by atoms with Gasteiger partial charge in [-0.1, -0.05) is 18.2 Å². The molecule has 0 N–H and O–H groups in total. The number of para-hydroxylation sites is 1. The van der Waals surface area contributed by atoms with Gasteiger partial charge < -0.3 is 4.40 Å². The Morgan fingerprint density at radius 2 is 1.68 bits per heavy atom. The van der Waals surface area contributed by atoms with Gasteiger partial charge in [0.15, 0.2) is 0 Å². The number of fused-ring (bicyclic) bond motifs is 6. The van der Waals surface area contributed by atoms with E-state index >= 15 is 0 Å². The fraction of sp³-hybridized carbons (Fsp3) is 0. The molecule has 0 aliphatic carbocycles. The zero-order valence-electron chi connectivity index (χ0n) is 10.0. The minimum absolute atomic E-state index is 1.04. The Morgan fingerprint density at radius 1 is 0.789 bits per heavy atom. The second-order valence-electron chi connectivity index (χ2n) is 4.80. The molecule has 3 nitrogen and oxygen atoms in total. The van der Waals surface area contributed by atoms with Gasteiger partial charge in [0, 0.05) is 34.7 Å². The van der Waals surface area contributed by atoms with Crippen molar-refractivity contribution < 1.29 is 0 Å². The Hall–Kier alpha value is -2.68. The predicted molar refractivity (Wildman–Crippen MR) is 76.7 cm³/mol. The van der Waals surface area contributed by atoms with Gasteiger partial charge in [0.25, 0.3) is 0 Å². The minimum atomic E-state index is 1.04. The summed E-state index contributed by atoms with van der Waals surface area (Å²) in [6.45, 7) is 0. The molecule has 3 heteroatoms. The lowest BCUT2D eigenvalue weighted by molar-refractivity contribution is 1.32. The Labute approximate surface area is 108 Å². The van der Waals surface area contributed by atoms with Crippen molar-refractivity contribution in [2.24, 2.45) is 0 Å². The van der Waals surface area contributed by atoms with Crippen molar-refractivity contribution >= 4 is 38.2 Å². The van der Waals surface area contributed by atoms with E-state index in [-0.39, 0.29) is 0 Å². The largest absolute Gasteiger partial charge is 0.306 e. The molecular formula is C16H9N3. The standard InChI is InChI=1S/C16H9N3/c1-2-4-13-10(3-1)11-5-8-18-15-12-9-17-7-6-14(12)19(13)16(11)15/h1-9H. The highest BCUT2D eigenvalue weighted by Crippen LogP contribution is 2.36. The van der Waals surface area contributed by atoms with Crippen molar-refractivity contribution in [1.82, 2.24) is 14.4 Å². The van der Waals surface area contributed by atoms with E-state index in [9.17, 15) is 0 Å². The molecule has 0 atom stereocenters. The number of nitrogens with zero attached hydrogens (tertiary/aromatic N) is 3. The van der Waals surface area contributed by atoms with Gasteiger partial charge in [0.2, 0.25) is 0 Å². The van der Waals surface area contributed by atoms with E-state index in [0.29, 0.717) is 0 Å². The highest BCUT2D eigenvalue weighted by molar-refractivity contribution is 6.21. The van der Waals surface area contributed by atoms with E-state index in [1.54, 1.807) is 0 Å². The molecule has 88 valence electrons. The molecule has 4 heterocycles. The Morgan fingerprint density at radius 3 is 2.68 bits per heavy atom. The first-order valence-electron chi connectivity index (χ1n) is 6.28. The van der Waals surface area contributed by atoms with Gasteiger partial charge in [0.05, 0.1) is 22.1 Å². The SMILES string of the molecule is c1ccc2c(c1)c1ccnc3c4cnccc4n2c13. The molecule has 4 aromatic heterocycles. The first kappa shape index (κ1) is 9.28. The number of hydrogen-bond acceptors (Lipinski definition) is 2. The molecule has 0 fully saturated rings. The van der Waals surface area contributed by atoms with Crippen LogP contribution in [0, 0.1) is 0 Å². The fourth-order valence-corrected chi connectivity index (χ4v) is 3.13. The summed E-state index contributed by atoms with van der Waals surface area (Å²) in [6.07, 6.45) is 5.63. The van der Waals surface area contributed by atoms with Crippen LogP contribution >= 0.6 is 0 Å². The van der Waals surface area contributed by atoms with Crippen molar-refractivity contribution in [2.75, 3.05) is 0 Å². The molecule has 0 saturated carbocycles. The molecular weight excluding hydrogens is 234 g/mol. The monoisotopic (exact) mass is 243 g/mol. The van der Waals surface area contributed by atoms with E-state index in [2.05, 4.69) is 50.8 Å².